The molecule has 0 bridgehead atoms. The fourth-order valence-electron chi connectivity index (χ4n) is 2.55. The monoisotopic (exact) mass is 306 g/mol. The first-order chi connectivity index (χ1) is 10.1. The summed E-state index contributed by atoms with van der Waals surface area (Å²) < 4.78 is 0. The van der Waals surface area contributed by atoms with E-state index in [0.29, 0.717) is 5.02 Å². The summed E-state index contributed by atoms with van der Waals surface area (Å²) in [5.41, 5.74) is 0.977. The smallest absolute Gasteiger partial charge is 0.243 e. The molecular weight excluding hydrogens is 284 g/mol. The van der Waals surface area contributed by atoms with E-state index in [2.05, 4.69) is 17.3 Å². The minimum Gasteiger partial charge on any atom is -0.353 e. The number of rotatable bonds is 5. The quantitative estimate of drug-likeness (QED) is 0.847. The van der Waals surface area contributed by atoms with Crippen molar-refractivity contribution in [2.45, 2.75) is 19.3 Å². The van der Waals surface area contributed by atoms with Gasteiger partial charge in [0, 0.05) is 17.6 Å². The van der Waals surface area contributed by atoms with Gasteiger partial charge in [0.05, 0.1) is 0 Å². The molecule has 1 heterocycles. The second kappa shape index (κ2) is 8.20. The molecule has 4 heteroatoms. The maximum atomic E-state index is 11.7. The van der Waals surface area contributed by atoms with Gasteiger partial charge < -0.3 is 10.2 Å². The van der Waals surface area contributed by atoms with E-state index in [-0.39, 0.29) is 5.91 Å². The van der Waals surface area contributed by atoms with Crippen molar-refractivity contribution in [3.05, 3.63) is 40.9 Å². The van der Waals surface area contributed by atoms with Crippen molar-refractivity contribution in [2.24, 2.45) is 5.92 Å². The third-order valence-corrected chi connectivity index (χ3v) is 4.24. The van der Waals surface area contributed by atoms with E-state index in [1.165, 1.54) is 25.9 Å². The highest BCUT2D eigenvalue weighted by Crippen LogP contribution is 2.18. The van der Waals surface area contributed by atoms with Crippen molar-refractivity contribution in [1.29, 1.82) is 0 Å². The predicted molar refractivity (Wildman–Crippen MR) is 88.3 cm³/mol. The first-order valence-electron chi connectivity index (χ1n) is 7.53. The van der Waals surface area contributed by atoms with E-state index < -0.39 is 0 Å². The molecule has 1 N–H and O–H groups in total. The summed E-state index contributed by atoms with van der Waals surface area (Å²) in [4.78, 5) is 14.1. The Morgan fingerprint density at radius 3 is 2.67 bits per heavy atom. The number of hydrogen-bond donors (Lipinski definition) is 1. The fourth-order valence-corrected chi connectivity index (χ4v) is 2.68. The molecule has 21 heavy (non-hydrogen) atoms. The molecule has 114 valence electrons. The van der Waals surface area contributed by atoms with Gasteiger partial charge in [0.1, 0.15) is 0 Å². The molecule has 1 saturated heterocycles. The summed E-state index contributed by atoms with van der Waals surface area (Å²) in [6, 6.07) is 7.42. The van der Waals surface area contributed by atoms with Crippen molar-refractivity contribution >= 4 is 23.6 Å². The Balaban J connectivity index is 1.66. The Bertz CT molecular complexity index is 476. The van der Waals surface area contributed by atoms with E-state index in [0.717, 1.165) is 24.4 Å². The first kappa shape index (κ1) is 16.1. The Morgan fingerprint density at radius 2 is 2.00 bits per heavy atom. The van der Waals surface area contributed by atoms with Gasteiger partial charge in [-0.25, -0.2) is 0 Å². The zero-order valence-electron chi connectivity index (χ0n) is 12.5. The Labute approximate surface area is 132 Å². The van der Waals surface area contributed by atoms with Crippen molar-refractivity contribution in [1.82, 2.24) is 10.2 Å². The SMILES string of the molecule is CN1CCC(CCNC(=O)/C=C/c2ccc(Cl)cc2)CC1. The van der Waals surface area contributed by atoms with Crippen LogP contribution in [-0.4, -0.2) is 37.5 Å². The average molecular weight is 307 g/mol. The summed E-state index contributed by atoms with van der Waals surface area (Å²) >= 11 is 5.82. The van der Waals surface area contributed by atoms with Crippen molar-refractivity contribution < 1.29 is 4.79 Å². The molecular formula is C17H23ClN2O. The standard InChI is InChI=1S/C17H23ClN2O/c1-20-12-9-15(10-13-20)8-11-19-17(21)7-4-14-2-5-16(18)6-3-14/h2-7,15H,8-13H2,1H3,(H,19,21)/b7-4+. The van der Waals surface area contributed by atoms with Crippen molar-refractivity contribution in [3.8, 4) is 0 Å². The molecule has 0 atom stereocenters. The Hall–Kier alpha value is -1.32. The minimum absolute atomic E-state index is 0.0297. The number of hydrogen-bond acceptors (Lipinski definition) is 2. The number of amides is 1. The second-order valence-corrected chi connectivity index (χ2v) is 6.15. The molecule has 1 aromatic carbocycles. The number of benzene rings is 1. The second-order valence-electron chi connectivity index (χ2n) is 5.71. The molecule has 0 unspecified atom stereocenters. The summed E-state index contributed by atoms with van der Waals surface area (Å²) in [5.74, 6) is 0.722. The number of piperidine rings is 1. The minimum atomic E-state index is -0.0297. The lowest BCUT2D eigenvalue weighted by atomic mass is 9.94. The van der Waals surface area contributed by atoms with E-state index >= 15 is 0 Å². The summed E-state index contributed by atoms with van der Waals surface area (Å²) in [5, 5.41) is 3.66. The summed E-state index contributed by atoms with van der Waals surface area (Å²) in [6.45, 7) is 3.11. The van der Waals surface area contributed by atoms with Crippen LogP contribution in [-0.2, 0) is 4.79 Å². The van der Waals surface area contributed by atoms with Crippen LogP contribution in [0.4, 0.5) is 0 Å². The van der Waals surface area contributed by atoms with Gasteiger partial charge in [0.2, 0.25) is 5.91 Å². The van der Waals surface area contributed by atoms with Crippen LogP contribution < -0.4 is 5.32 Å². The van der Waals surface area contributed by atoms with Crippen LogP contribution >= 0.6 is 11.6 Å². The van der Waals surface area contributed by atoms with Gasteiger partial charge >= 0.3 is 0 Å². The highest BCUT2D eigenvalue weighted by atomic mass is 35.5. The van der Waals surface area contributed by atoms with Crippen LogP contribution in [0.2, 0.25) is 5.02 Å². The third-order valence-electron chi connectivity index (χ3n) is 3.99. The van der Waals surface area contributed by atoms with E-state index in [1.54, 1.807) is 12.2 Å². The molecule has 0 spiro atoms. The van der Waals surface area contributed by atoms with Crippen LogP contribution in [0.25, 0.3) is 6.08 Å². The molecule has 0 saturated carbocycles. The van der Waals surface area contributed by atoms with Crippen molar-refractivity contribution in [3.63, 3.8) is 0 Å². The first-order valence-corrected chi connectivity index (χ1v) is 7.91. The predicted octanol–water partition coefficient (Wildman–Crippen LogP) is 3.20. The van der Waals surface area contributed by atoms with Crippen LogP contribution in [0, 0.1) is 5.92 Å². The number of halogens is 1. The van der Waals surface area contributed by atoms with Gasteiger partial charge in [-0.2, -0.15) is 0 Å². The normalized spacial score (nSPS) is 17.2. The molecule has 1 amide bonds. The topological polar surface area (TPSA) is 32.3 Å². The average Bonchev–Trinajstić information content (AvgIpc) is 2.49. The Morgan fingerprint density at radius 1 is 1.33 bits per heavy atom. The van der Waals surface area contributed by atoms with E-state index in [9.17, 15) is 4.79 Å². The maximum absolute atomic E-state index is 11.7. The maximum Gasteiger partial charge on any atom is 0.243 e. The zero-order chi connectivity index (χ0) is 15.1. The molecule has 0 aromatic heterocycles. The highest BCUT2D eigenvalue weighted by Gasteiger charge is 2.15. The van der Waals surface area contributed by atoms with Gasteiger partial charge in [-0.3, -0.25) is 4.79 Å². The largest absolute Gasteiger partial charge is 0.353 e. The number of carbonyl (C=O) groups excluding carboxylic acids is 1. The lowest BCUT2D eigenvalue weighted by molar-refractivity contribution is -0.116. The number of carbonyl (C=O) groups is 1. The molecule has 3 nitrogen and oxygen atoms in total. The zero-order valence-corrected chi connectivity index (χ0v) is 13.3. The molecule has 2 rings (SSSR count). The van der Waals surface area contributed by atoms with Gasteiger partial charge in [-0.05, 0) is 69.1 Å². The highest BCUT2D eigenvalue weighted by molar-refractivity contribution is 6.30. The van der Waals surface area contributed by atoms with Gasteiger partial charge in [-0.15, -0.1) is 0 Å². The number of likely N-dealkylation sites (tertiary alicyclic amines) is 1. The number of nitrogens with zero attached hydrogens (tertiary/aromatic N) is 1. The third kappa shape index (κ3) is 5.90. The lowest BCUT2D eigenvalue weighted by Gasteiger charge is -2.28. The molecule has 1 aromatic rings. The van der Waals surface area contributed by atoms with Crippen molar-refractivity contribution in [2.75, 3.05) is 26.7 Å². The van der Waals surface area contributed by atoms with E-state index in [4.69, 9.17) is 11.6 Å². The van der Waals surface area contributed by atoms with Gasteiger partial charge in [0.25, 0.3) is 0 Å². The van der Waals surface area contributed by atoms with Gasteiger partial charge in [0.15, 0.2) is 0 Å². The van der Waals surface area contributed by atoms with Crippen LogP contribution in [0.15, 0.2) is 30.3 Å². The fraction of sp³-hybridized carbons (Fsp3) is 0.471. The molecule has 1 fully saturated rings. The van der Waals surface area contributed by atoms with Gasteiger partial charge in [-0.1, -0.05) is 23.7 Å². The molecule has 1 aliphatic rings. The summed E-state index contributed by atoms with van der Waals surface area (Å²) in [6.07, 6.45) is 6.95. The molecule has 1 aliphatic heterocycles. The van der Waals surface area contributed by atoms with Crippen LogP contribution in [0.3, 0.4) is 0 Å². The molecule has 0 radical (unpaired) electrons. The number of nitrogens with one attached hydrogen (secondary N) is 1. The summed E-state index contributed by atoms with van der Waals surface area (Å²) in [7, 11) is 2.17. The van der Waals surface area contributed by atoms with E-state index in [1.807, 2.05) is 24.3 Å². The Kier molecular flexibility index (Phi) is 6.27. The van der Waals surface area contributed by atoms with Crippen LogP contribution in [0.5, 0.6) is 0 Å². The molecule has 0 aliphatic carbocycles. The lowest BCUT2D eigenvalue weighted by Crippen LogP contribution is -2.32. The van der Waals surface area contributed by atoms with Crippen LogP contribution in [0.1, 0.15) is 24.8 Å².